The number of carbonyl (C=O) groups is 2. The smallest absolute Gasteiger partial charge is 0.240 e. The average molecular weight is 412 g/mol. The van der Waals surface area contributed by atoms with Crippen molar-refractivity contribution in [2.24, 2.45) is 5.10 Å². The second-order valence-corrected chi connectivity index (χ2v) is 7.24. The summed E-state index contributed by atoms with van der Waals surface area (Å²) in [5, 5.41) is 6.78. The molecule has 0 aromatic heterocycles. The SMILES string of the molecule is COc1cc(C=NNC(=O)CCC(=O)Nc2cc(C)ccc2C)ccc1OC(C)C. The first kappa shape index (κ1) is 22.9. The topological polar surface area (TPSA) is 89.0 Å². The average Bonchev–Trinajstić information content (AvgIpc) is 2.70. The molecular formula is C23H29N3O4. The van der Waals surface area contributed by atoms with E-state index in [1.54, 1.807) is 19.2 Å². The summed E-state index contributed by atoms with van der Waals surface area (Å²) in [7, 11) is 1.56. The lowest BCUT2D eigenvalue weighted by atomic mass is 10.1. The Morgan fingerprint density at radius 1 is 1.03 bits per heavy atom. The number of nitrogens with zero attached hydrogens (tertiary/aromatic N) is 1. The molecule has 0 aliphatic carbocycles. The minimum absolute atomic E-state index is 0.0322. The summed E-state index contributed by atoms with van der Waals surface area (Å²) in [6, 6.07) is 11.2. The van der Waals surface area contributed by atoms with E-state index in [9.17, 15) is 9.59 Å². The molecule has 0 bridgehead atoms. The number of hydrogen-bond donors (Lipinski definition) is 2. The highest BCUT2D eigenvalue weighted by molar-refractivity contribution is 5.94. The fraction of sp³-hybridized carbons (Fsp3) is 0.348. The maximum absolute atomic E-state index is 12.1. The first-order valence-corrected chi connectivity index (χ1v) is 9.82. The normalized spacial score (nSPS) is 10.9. The van der Waals surface area contributed by atoms with Crippen LogP contribution >= 0.6 is 0 Å². The van der Waals surface area contributed by atoms with Gasteiger partial charge in [-0.15, -0.1) is 0 Å². The second-order valence-electron chi connectivity index (χ2n) is 7.24. The van der Waals surface area contributed by atoms with Crippen molar-refractivity contribution >= 4 is 23.7 Å². The van der Waals surface area contributed by atoms with Crippen LogP contribution in [0, 0.1) is 13.8 Å². The molecule has 0 atom stereocenters. The second kappa shape index (κ2) is 11.0. The molecule has 30 heavy (non-hydrogen) atoms. The molecule has 0 radical (unpaired) electrons. The van der Waals surface area contributed by atoms with Crippen LogP contribution in [0.4, 0.5) is 5.69 Å². The molecule has 2 rings (SSSR count). The van der Waals surface area contributed by atoms with E-state index in [0.717, 1.165) is 22.4 Å². The van der Waals surface area contributed by atoms with E-state index in [1.807, 2.05) is 52.0 Å². The minimum Gasteiger partial charge on any atom is -0.493 e. The molecule has 0 unspecified atom stereocenters. The van der Waals surface area contributed by atoms with Gasteiger partial charge in [0.15, 0.2) is 11.5 Å². The van der Waals surface area contributed by atoms with Crippen LogP contribution in [0.25, 0.3) is 0 Å². The molecule has 7 heteroatoms. The summed E-state index contributed by atoms with van der Waals surface area (Å²) in [6.07, 6.45) is 1.66. The number of rotatable bonds is 9. The van der Waals surface area contributed by atoms with Gasteiger partial charge in [0, 0.05) is 18.5 Å². The van der Waals surface area contributed by atoms with Crippen LogP contribution in [0.2, 0.25) is 0 Å². The Labute approximate surface area is 177 Å². The van der Waals surface area contributed by atoms with Gasteiger partial charge in [-0.2, -0.15) is 5.10 Å². The summed E-state index contributed by atoms with van der Waals surface area (Å²) in [5.41, 5.74) is 5.98. The Balaban J connectivity index is 1.83. The summed E-state index contributed by atoms with van der Waals surface area (Å²) in [6.45, 7) is 7.76. The molecule has 0 aliphatic rings. The Hall–Kier alpha value is -3.35. The van der Waals surface area contributed by atoms with E-state index >= 15 is 0 Å². The van der Waals surface area contributed by atoms with Gasteiger partial charge in [-0.05, 0) is 68.7 Å². The first-order valence-electron chi connectivity index (χ1n) is 9.82. The van der Waals surface area contributed by atoms with E-state index in [1.165, 1.54) is 6.21 Å². The number of methoxy groups -OCH3 is 1. The van der Waals surface area contributed by atoms with Crippen LogP contribution in [-0.4, -0.2) is 31.2 Å². The molecule has 2 N–H and O–H groups in total. The van der Waals surface area contributed by atoms with E-state index in [2.05, 4.69) is 15.8 Å². The molecule has 0 saturated carbocycles. The van der Waals surface area contributed by atoms with Crippen molar-refractivity contribution in [2.75, 3.05) is 12.4 Å². The number of amides is 2. The maximum atomic E-state index is 12.1. The van der Waals surface area contributed by atoms with Gasteiger partial charge in [-0.3, -0.25) is 9.59 Å². The zero-order valence-electron chi connectivity index (χ0n) is 18.1. The number of aryl methyl sites for hydroxylation is 2. The Morgan fingerprint density at radius 2 is 1.77 bits per heavy atom. The zero-order chi connectivity index (χ0) is 22.1. The fourth-order valence-electron chi connectivity index (χ4n) is 2.66. The van der Waals surface area contributed by atoms with Crippen molar-refractivity contribution in [2.45, 2.75) is 46.6 Å². The summed E-state index contributed by atoms with van der Waals surface area (Å²) >= 11 is 0. The highest BCUT2D eigenvalue weighted by Gasteiger charge is 2.09. The van der Waals surface area contributed by atoms with Crippen molar-refractivity contribution in [3.63, 3.8) is 0 Å². The molecular weight excluding hydrogens is 382 g/mol. The van der Waals surface area contributed by atoms with Gasteiger partial charge in [-0.1, -0.05) is 12.1 Å². The lowest BCUT2D eigenvalue weighted by Crippen LogP contribution is -2.21. The molecule has 0 saturated heterocycles. The number of anilines is 1. The molecule has 2 aromatic rings. The predicted octanol–water partition coefficient (Wildman–Crippen LogP) is 3.97. The summed E-state index contributed by atoms with van der Waals surface area (Å²) in [4.78, 5) is 24.1. The first-order chi connectivity index (χ1) is 14.3. The zero-order valence-corrected chi connectivity index (χ0v) is 18.1. The number of benzene rings is 2. The number of ether oxygens (including phenoxy) is 2. The van der Waals surface area contributed by atoms with Gasteiger partial charge >= 0.3 is 0 Å². The van der Waals surface area contributed by atoms with Crippen LogP contribution in [0.15, 0.2) is 41.5 Å². The number of hydrogen-bond acceptors (Lipinski definition) is 5. The third kappa shape index (κ3) is 7.24. The third-order valence-corrected chi connectivity index (χ3v) is 4.20. The van der Waals surface area contributed by atoms with E-state index in [-0.39, 0.29) is 30.8 Å². The molecule has 0 spiro atoms. The van der Waals surface area contributed by atoms with Crippen molar-refractivity contribution in [1.82, 2.24) is 5.43 Å². The molecule has 0 aliphatic heterocycles. The number of carbonyl (C=O) groups excluding carboxylic acids is 2. The Kier molecular flexibility index (Phi) is 8.41. The Bertz CT molecular complexity index is 923. The van der Waals surface area contributed by atoms with Gasteiger partial charge in [0.05, 0.1) is 19.4 Å². The van der Waals surface area contributed by atoms with E-state index in [4.69, 9.17) is 9.47 Å². The highest BCUT2D eigenvalue weighted by Crippen LogP contribution is 2.28. The van der Waals surface area contributed by atoms with E-state index < -0.39 is 0 Å². The predicted molar refractivity (Wildman–Crippen MR) is 118 cm³/mol. The lowest BCUT2D eigenvalue weighted by Gasteiger charge is -2.13. The number of hydrazone groups is 1. The highest BCUT2D eigenvalue weighted by atomic mass is 16.5. The Morgan fingerprint density at radius 3 is 2.47 bits per heavy atom. The minimum atomic E-state index is -0.339. The molecule has 2 aromatic carbocycles. The van der Waals surface area contributed by atoms with Crippen LogP contribution < -0.4 is 20.2 Å². The molecule has 2 amide bonds. The van der Waals surface area contributed by atoms with Crippen molar-refractivity contribution < 1.29 is 19.1 Å². The molecule has 0 heterocycles. The third-order valence-electron chi connectivity index (χ3n) is 4.20. The maximum Gasteiger partial charge on any atom is 0.240 e. The standard InChI is InChI=1S/C23H29N3O4/c1-15(2)30-20-9-8-18(13-21(20)29-5)14-24-26-23(28)11-10-22(27)25-19-12-16(3)6-7-17(19)4/h6-9,12-15H,10-11H2,1-5H3,(H,25,27)(H,26,28). The number of nitrogens with one attached hydrogen (secondary N) is 2. The van der Waals surface area contributed by atoms with Gasteiger partial charge in [-0.25, -0.2) is 5.43 Å². The fourth-order valence-corrected chi connectivity index (χ4v) is 2.66. The summed E-state index contributed by atoms with van der Waals surface area (Å²) < 4.78 is 11.0. The quantitative estimate of drug-likeness (QED) is 0.483. The largest absolute Gasteiger partial charge is 0.493 e. The van der Waals surface area contributed by atoms with Gasteiger partial charge < -0.3 is 14.8 Å². The van der Waals surface area contributed by atoms with Crippen molar-refractivity contribution in [1.29, 1.82) is 0 Å². The van der Waals surface area contributed by atoms with Crippen LogP contribution in [-0.2, 0) is 9.59 Å². The lowest BCUT2D eigenvalue weighted by molar-refractivity contribution is -0.124. The molecule has 160 valence electrons. The van der Waals surface area contributed by atoms with E-state index in [0.29, 0.717) is 11.5 Å². The molecule has 7 nitrogen and oxygen atoms in total. The van der Waals surface area contributed by atoms with Gasteiger partial charge in [0.25, 0.3) is 0 Å². The van der Waals surface area contributed by atoms with Crippen molar-refractivity contribution in [3.8, 4) is 11.5 Å². The molecule has 0 fully saturated rings. The van der Waals surface area contributed by atoms with Crippen molar-refractivity contribution in [3.05, 3.63) is 53.1 Å². The van der Waals surface area contributed by atoms with Gasteiger partial charge in [0.1, 0.15) is 0 Å². The van der Waals surface area contributed by atoms with Crippen LogP contribution in [0.3, 0.4) is 0 Å². The van der Waals surface area contributed by atoms with Gasteiger partial charge in [0.2, 0.25) is 11.8 Å². The monoisotopic (exact) mass is 411 g/mol. The van der Waals surface area contributed by atoms with Crippen LogP contribution in [0.1, 0.15) is 43.4 Å². The summed E-state index contributed by atoms with van der Waals surface area (Å²) in [5.74, 6) is 0.674. The van der Waals surface area contributed by atoms with Crippen LogP contribution in [0.5, 0.6) is 11.5 Å².